The second kappa shape index (κ2) is 4.10. The third-order valence-electron chi connectivity index (χ3n) is 1.29. The first-order valence-electron chi connectivity index (χ1n) is 3.43. The first kappa shape index (κ1) is 9.81. The highest BCUT2D eigenvalue weighted by Crippen LogP contribution is 2.34. The van der Waals surface area contributed by atoms with E-state index in [4.69, 9.17) is 16.3 Å². The highest BCUT2D eigenvalue weighted by atomic mass is 79.9. The lowest BCUT2D eigenvalue weighted by atomic mass is 10.3. The van der Waals surface area contributed by atoms with E-state index in [1.54, 1.807) is 6.07 Å². The highest BCUT2D eigenvalue weighted by Gasteiger charge is 2.10. The summed E-state index contributed by atoms with van der Waals surface area (Å²) in [6.07, 6.45) is 0. The van der Waals surface area contributed by atoms with Gasteiger partial charge in [0.2, 0.25) is 0 Å². The molecule has 1 aromatic rings. The van der Waals surface area contributed by atoms with Crippen molar-refractivity contribution in [3.05, 3.63) is 27.4 Å². The van der Waals surface area contributed by atoms with Crippen LogP contribution in [0.5, 0.6) is 5.75 Å². The Morgan fingerprint density at radius 3 is 2.83 bits per heavy atom. The minimum Gasteiger partial charge on any atom is -0.491 e. The highest BCUT2D eigenvalue weighted by molar-refractivity contribution is 9.10. The van der Waals surface area contributed by atoms with Gasteiger partial charge in [-0.15, -0.1) is 0 Å². The van der Waals surface area contributed by atoms with Gasteiger partial charge in [0.15, 0.2) is 5.75 Å². The minimum atomic E-state index is -0.469. The fourth-order valence-electron chi connectivity index (χ4n) is 0.785. The van der Waals surface area contributed by atoms with Crippen LogP contribution >= 0.6 is 27.5 Å². The van der Waals surface area contributed by atoms with Crippen LogP contribution in [0.15, 0.2) is 16.6 Å². The summed E-state index contributed by atoms with van der Waals surface area (Å²) in [6.45, 7) is 2.27. The number of hydrogen-bond acceptors (Lipinski definition) is 1. The molecule has 0 atom stereocenters. The molecule has 1 nitrogen and oxygen atoms in total. The van der Waals surface area contributed by atoms with Gasteiger partial charge in [0, 0.05) is 0 Å². The van der Waals surface area contributed by atoms with E-state index in [1.165, 1.54) is 6.07 Å². The van der Waals surface area contributed by atoms with Crippen molar-refractivity contribution in [1.82, 2.24) is 0 Å². The van der Waals surface area contributed by atoms with Gasteiger partial charge in [-0.2, -0.15) is 0 Å². The van der Waals surface area contributed by atoms with Crippen molar-refractivity contribution in [2.75, 3.05) is 6.61 Å². The van der Waals surface area contributed by atoms with Crippen LogP contribution in [-0.4, -0.2) is 6.61 Å². The molecule has 12 heavy (non-hydrogen) atoms. The largest absolute Gasteiger partial charge is 0.491 e. The van der Waals surface area contributed by atoms with Crippen molar-refractivity contribution in [2.45, 2.75) is 6.92 Å². The van der Waals surface area contributed by atoms with Gasteiger partial charge in [0.1, 0.15) is 10.8 Å². The molecule has 0 N–H and O–H groups in total. The first-order valence-corrected chi connectivity index (χ1v) is 4.60. The van der Waals surface area contributed by atoms with Gasteiger partial charge in [-0.25, -0.2) is 4.39 Å². The van der Waals surface area contributed by atoms with E-state index in [2.05, 4.69) is 15.9 Å². The standard InChI is InChI=1S/C8H7BrClFO/c1-2-12-8-5(9)3-4-6(11)7(8)10/h3-4H,2H2,1H3. The van der Waals surface area contributed by atoms with Crippen LogP contribution in [-0.2, 0) is 0 Å². The Balaban J connectivity index is 3.14. The number of rotatable bonds is 2. The van der Waals surface area contributed by atoms with Crippen molar-refractivity contribution in [1.29, 1.82) is 0 Å². The maximum Gasteiger partial charge on any atom is 0.155 e. The molecule has 0 radical (unpaired) electrons. The molecular weight excluding hydrogens is 246 g/mol. The maximum atomic E-state index is 12.8. The van der Waals surface area contributed by atoms with Crippen molar-refractivity contribution >= 4 is 27.5 Å². The Labute approximate surface area is 83.6 Å². The lowest BCUT2D eigenvalue weighted by Crippen LogP contribution is -1.94. The molecule has 0 bridgehead atoms. The van der Waals surface area contributed by atoms with Crippen LogP contribution in [0.2, 0.25) is 5.02 Å². The van der Waals surface area contributed by atoms with Gasteiger partial charge in [0.25, 0.3) is 0 Å². The Morgan fingerprint density at radius 1 is 1.58 bits per heavy atom. The Morgan fingerprint density at radius 2 is 2.25 bits per heavy atom. The molecule has 1 rings (SSSR count). The molecular formula is C8H7BrClFO. The number of ether oxygens (including phenoxy) is 1. The number of hydrogen-bond donors (Lipinski definition) is 0. The van der Waals surface area contributed by atoms with E-state index in [1.807, 2.05) is 6.92 Å². The molecule has 0 amide bonds. The summed E-state index contributed by atoms with van der Waals surface area (Å²) in [4.78, 5) is 0. The van der Waals surface area contributed by atoms with Gasteiger partial charge in [-0.1, -0.05) is 11.6 Å². The van der Waals surface area contributed by atoms with E-state index in [0.29, 0.717) is 16.8 Å². The predicted molar refractivity (Wildman–Crippen MR) is 50.3 cm³/mol. The zero-order valence-electron chi connectivity index (χ0n) is 6.40. The van der Waals surface area contributed by atoms with E-state index in [-0.39, 0.29) is 5.02 Å². The predicted octanol–water partition coefficient (Wildman–Crippen LogP) is 3.64. The van der Waals surface area contributed by atoms with Gasteiger partial charge in [-0.3, -0.25) is 0 Å². The molecule has 0 saturated heterocycles. The molecule has 4 heteroatoms. The van der Waals surface area contributed by atoms with Crippen LogP contribution in [0.4, 0.5) is 4.39 Å². The number of halogens is 3. The smallest absolute Gasteiger partial charge is 0.155 e. The molecule has 66 valence electrons. The second-order valence-electron chi connectivity index (χ2n) is 2.11. The van der Waals surface area contributed by atoms with Crippen LogP contribution in [0.1, 0.15) is 6.92 Å². The summed E-state index contributed by atoms with van der Waals surface area (Å²) in [7, 11) is 0. The van der Waals surface area contributed by atoms with Gasteiger partial charge in [-0.05, 0) is 35.0 Å². The van der Waals surface area contributed by atoms with Gasteiger partial charge >= 0.3 is 0 Å². The lowest BCUT2D eigenvalue weighted by molar-refractivity contribution is 0.336. The normalized spacial score (nSPS) is 10.0. The zero-order valence-corrected chi connectivity index (χ0v) is 8.75. The summed E-state index contributed by atoms with van der Waals surface area (Å²) < 4.78 is 18.6. The van der Waals surface area contributed by atoms with Crippen molar-refractivity contribution in [3.63, 3.8) is 0 Å². The van der Waals surface area contributed by atoms with Crippen molar-refractivity contribution in [2.24, 2.45) is 0 Å². The quantitative estimate of drug-likeness (QED) is 0.731. The Bertz CT molecular complexity index is 291. The SMILES string of the molecule is CCOc1c(Br)ccc(F)c1Cl. The van der Waals surface area contributed by atoms with E-state index in [0.717, 1.165) is 0 Å². The molecule has 1 aromatic carbocycles. The molecule has 0 aliphatic carbocycles. The molecule has 0 fully saturated rings. The van der Waals surface area contributed by atoms with Crippen LogP contribution in [0.25, 0.3) is 0 Å². The maximum absolute atomic E-state index is 12.8. The minimum absolute atomic E-state index is 0.0197. The van der Waals surface area contributed by atoms with Gasteiger partial charge < -0.3 is 4.74 Å². The topological polar surface area (TPSA) is 9.23 Å². The zero-order chi connectivity index (χ0) is 9.14. The fraction of sp³-hybridized carbons (Fsp3) is 0.250. The first-order chi connectivity index (χ1) is 5.66. The van der Waals surface area contributed by atoms with Crippen molar-refractivity contribution < 1.29 is 9.13 Å². The van der Waals surface area contributed by atoms with E-state index >= 15 is 0 Å². The fourth-order valence-corrected chi connectivity index (χ4v) is 1.56. The average molecular weight is 253 g/mol. The molecule has 0 saturated carbocycles. The summed E-state index contributed by atoms with van der Waals surface area (Å²) >= 11 is 8.85. The molecule has 0 spiro atoms. The van der Waals surface area contributed by atoms with E-state index in [9.17, 15) is 4.39 Å². The lowest BCUT2D eigenvalue weighted by Gasteiger charge is -2.07. The van der Waals surface area contributed by atoms with Gasteiger partial charge in [0.05, 0.1) is 11.1 Å². The summed E-state index contributed by atoms with van der Waals surface area (Å²) in [6, 6.07) is 2.85. The Kier molecular flexibility index (Phi) is 3.35. The van der Waals surface area contributed by atoms with E-state index < -0.39 is 5.82 Å². The summed E-state index contributed by atoms with van der Waals surface area (Å²) in [5, 5.41) is 0.0197. The third-order valence-corrected chi connectivity index (χ3v) is 2.27. The van der Waals surface area contributed by atoms with Crippen LogP contribution < -0.4 is 4.74 Å². The number of benzene rings is 1. The third kappa shape index (κ3) is 1.90. The van der Waals surface area contributed by atoms with Crippen molar-refractivity contribution in [3.8, 4) is 5.75 Å². The molecule has 0 aliphatic heterocycles. The monoisotopic (exact) mass is 252 g/mol. The second-order valence-corrected chi connectivity index (χ2v) is 3.34. The summed E-state index contributed by atoms with van der Waals surface area (Å²) in [5.74, 6) is -0.109. The molecule has 0 aliphatic rings. The summed E-state index contributed by atoms with van der Waals surface area (Å²) in [5.41, 5.74) is 0. The van der Waals surface area contributed by atoms with Crippen LogP contribution in [0, 0.1) is 5.82 Å². The Hall–Kier alpha value is -0.280. The molecule has 0 aromatic heterocycles. The average Bonchev–Trinajstić information content (AvgIpc) is 2.06. The molecule has 0 unspecified atom stereocenters. The van der Waals surface area contributed by atoms with Crippen LogP contribution in [0.3, 0.4) is 0 Å². The molecule has 0 heterocycles.